The Kier molecular flexibility index (Phi) is 5.11. The number of piperazine rings is 1. The Bertz CT molecular complexity index is 659. The lowest BCUT2D eigenvalue weighted by Gasteiger charge is -2.35. The van der Waals surface area contributed by atoms with Gasteiger partial charge in [-0.05, 0) is 37.6 Å². The molecule has 4 heteroatoms. The molecule has 1 atom stereocenters. The summed E-state index contributed by atoms with van der Waals surface area (Å²) in [4.78, 5) is 5.45. The topological polar surface area (TPSA) is 15.3 Å². The molecule has 1 fully saturated rings. The Balaban J connectivity index is 1.91. The smallest absolute Gasteiger partial charge is 0.0970 e. The number of para-hydroxylation sites is 1. The Morgan fingerprint density at radius 2 is 1.95 bits per heavy atom. The predicted molar refractivity (Wildman–Crippen MR) is 99.4 cm³/mol. The lowest BCUT2D eigenvalue weighted by atomic mass is 10.2. The number of hydrogen-bond acceptors (Lipinski definition) is 3. The first-order valence-electron chi connectivity index (χ1n) is 7.61. The van der Waals surface area contributed by atoms with Crippen molar-refractivity contribution in [3.63, 3.8) is 0 Å². The lowest BCUT2D eigenvalue weighted by molar-refractivity contribution is 0.567. The molecule has 1 unspecified atom stereocenters. The van der Waals surface area contributed by atoms with Gasteiger partial charge < -0.3 is 10.2 Å². The summed E-state index contributed by atoms with van der Waals surface area (Å²) in [6.07, 6.45) is 0. The van der Waals surface area contributed by atoms with E-state index in [2.05, 4.69) is 82.5 Å². The first-order valence-corrected chi connectivity index (χ1v) is 9.34. The van der Waals surface area contributed by atoms with Gasteiger partial charge in [0.2, 0.25) is 0 Å². The minimum Gasteiger partial charge on any atom is -0.355 e. The van der Waals surface area contributed by atoms with Gasteiger partial charge >= 0.3 is 0 Å². The molecule has 0 saturated carbocycles. The molecule has 0 aromatic heterocycles. The first kappa shape index (κ1) is 15.9. The summed E-state index contributed by atoms with van der Waals surface area (Å²) in [5.41, 5.74) is 3.98. The molecule has 0 spiro atoms. The van der Waals surface area contributed by atoms with Crippen molar-refractivity contribution in [2.75, 3.05) is 24.5 Å². The van der Waals surface area contributed by atoms with E-state index in [1.807, 2.05) is 11.8 Å². The average molecular weight is 377 g/mol. The van der Waals surface area contributed by atoms with Crippen LogP contribution in [0.5, 0.6) is 0 Å². The number of nitrogens with zero attached hydrogens (tertiary/aromatic N) is 1. The van der Waals surface area contributed by atoms with E-state index in [9.17, 15) is 0 Å². The molecule has 2 aromatic rings. The van der Waals surface area contributed by atoms with Crippen molar-refractivity contribution in [3.05, 3.63) is 53.6 Å². The van der Waals surface area contributed by atoms with E-state index in [1.54, 1.807) is 0 Å². The van der Waals surface area contributed by atoms with Crippen LogP contribution in [0.25, 0.3) is 0 Å². The molecule has 0 amide bonds. The summed E-state index contributed by atoms with van der Waals surface area (Å²) in [5.74, 6) is 0. The standard InChI is InChI=1S/C18H21BrN2S/c1-13-7-8-16(14(2)11-13)22-17-6-4-3-5-15(17)21-10-9-20-12-18(21)19/h3-8,11,18,20H,9-10,12H2,1-2H3. The number of benzene rings is 2. The lowest BCUT2D eigenvalue weighted by Crippen LogP contribution is -2.48. The van der Waals surface area contributed by atoms with Crippen LogP contribution in [0, 0.1) is 13.8 Å². The Labute approximate surface area is 145 Å². The maximum absolute atomic E-state index is 3.79. The van der Waals surface area contributed by atoms with E-state index in [0.29, 0.717) is 4.95 Å². The van der Waals surface area contributed by atoms with Crippen LogP contribution in [0.2, 0.25) is 0 Å². The van der Waals surface area contributed by atoms with Crippen molar-refractivity contribution in [3.8, 4) is 0 Å². The highest BCUT2D eigenvalue weighted by Crippen LogP contribution is 2.38. The van der Waals surface area contributed by atoms with Gasteiger partial charge in [-0.2, -0.15) is 0 Å². The van der Waals surface area contributed by atoms with Crippen LogP contribution in [0.4, 0.5) is 5.69 Å². The minimum atomic E-state index is 0.349. The number of aryl methyl sites for hydroxylation is 2. The van der Waals surface area contributed by atoms with Gasteiger partial charge in [-0.1, -0.05) is 57.5 Å². The van der Waals surface area contributed by atoms with E-state index < -0.39 is 0 Å². The van der Waals surface area contributed by atoms with Gasteiger partial charge in [0, 0.05) is 29.4 Å². The first-order chi connectivity index (χ1) is 10.6. The van der Waals surface area contributed by atoms with Gasteiger partial charge in [-0.25, -0.2) is 0 Å². The molecule has 0 bridgehead atoms. The third-order valence-corrected chi connectivity index (χ3v) is 5.97. The fraction of sp³-hybridized carbons (Fsp3) is 0.333. The van der Waals surface area contributed by atoms with Gasteiger partial charge in [0.05, 0.1) is 10.6 Å². The SMILES string of the molecule is Cc1ccc(Sc2ccccc2N2CCNCC2Br)c(C)c1. The Morgan fingerprint density at radius 3 is 2.73 bits per heavy atom. The number of halogens is 1. The van der Waals surface area contributed by atoms with Crippen molar-refractivity contribution in [2.24, 2.45) is 0 Å². The third-order valence-electron chi connectivity index (χ3n) is 3.91. The third kappa shape index (κ3) is 3.50. The maximum Gasteiger partial charge on any atom is 0.0970 e. The molecule has 0 aliphatic carbocycles. The van der Waals surface area contributed by atoms with Crippen LogP contribution in [0.1, 0.15) is 11.1 Å². The second kappa shape index (κ2) is 7.07. The van der Waals surface area contributed by atoms with Gasteiger partial charge in [-0.15, -0.1) is 0 Å². The number of rotatable bonds is 3. The van der Waals surface area contributed by atoms with Crippen molar-refractivity contribution < 1.29 is 0 Å². The molecule has 2 aromatic carbocycles. The monoisotopic (exact) mass is 376 g/mol. The summed E-state index contributed by atoms with van der Waals surface area (Å²) in [6.45, 7) is 7.37. The van der Waals surface area contributed by atoms with Crippen LogP contribution in [-0.2, 0) is 0 Å². The molecule has 3 rings (SSSR count). The fourth-order valence-corrected chi connectivity index (χ4v) is 4.44. The van der Waals surface area contributed by atoms with E-state index in [0.717, 1.165) is 19.6 Å². The Morgan fingerprint density at radius 1 is 1.14 bits per heavy atom. The van der Waals surface area contributed by atoms with Crippen LogP contribution < -0.4 is 10.2 Å². The average Bonchev–Trinajstić information content (AvgIpc) is 2.51. The Hall–Kier alpha value is -0.970. The number of anilines is 1. The van der Waals surface area contributed by atoms with Gasteiger partial charge in [0.1, 0.15) is 0 Å². The molecule has 1 heterocycles. The van der Waals surface area contributed by atoms with E-state index in [4.69, 9.17) is 0 Å². The molecule has 1 N–H and O–H groups in total. The van der Waals surface area contributed by atoms with Crippen molar-refractivity contribution in [1.82, 2.24) is 5.32 Å². The van der Waals surface area contributed by atoms with E-state index in [-0.39, 0.29) is 0 Å². The van der Waals surface area contributed by atoms with Crippen LogP contribution in [-0.4, -0.2) is 24.6 Å². The molecule has 1 aliphatic rings. The molecule has 0 radical (unpaired) electrons. The molecule has 2 nitrogen and oxygen atoms in total. The largest absolute Gasteiger partial charge is 0.355 e. The maximum atomic E-state index is 3.79. The van der Waals surface area contributed by atoms with Crippen molar-refractivity contribution in [1.29, 1.82) is 0 Å². The van der Waals surface area contributed by atoms with Gasteiger partial charge in [0.25, 0.3) is 0 Å². The zero-order valence-corrected chi connectivity index (χ0v) is 15.4. The highest BCUT2D eigenvalue weighted by Gasteiger charge is 2.22. The summed E-state index contributed by atoms with van der Waals surface area (Å²) in [7, 11) is 0. The quantitative estimate of drug-likeness (QED) is 0.622. The van der Waals surface area contributed by atoms with E-state index >= 15 is 0 Å². The molecule has 22 heavy (non-hydrogen) atoms. The summed E-state index contributed by atoms with van der Waals surface area (Å²) in [5, 5.41) is 3.42. The molecular formula is C18H21BrN2S. The van der Waals surface area contributed by atoms with Gasteiger partial charge in [0.15, 0.2) is 0 Å². The van der Waals surface area contributed by atoms with Crippen molar-refractivity contribution in [2.45, 2.75) is 28.6 Å². The van der Waals surface area contributed by atoms with Crippen molar-refractivity contribution >= 4 is 33.4 Å². The minimum absolute atomic E-state index is 0.349. The summed E-state index contributed by atoms with van der Waals surface area (Å²) in [6, 6.07) is 15.4. The highest BCUT2D eigenvalue weighted by molar-refractivity contribution is 9.09. The second-order valence-corrected chi connectivity index (χ2v) is 7.81. The number of hydrogen-bond donors (Lipinski definition) is 1. The van der Waals surface area contributed by atoms with Gasteiger partial charge in [-0.3, -0.25) is 0 Å². The highest BCUT2D eigenvalue weighted by atomic mass is 79.9. The normalized spacial score (nSPS) is 18.5. The number of nitrogens with one attached hydrogen (secondary N) is 1. The zero-order chi connectivity index (χ0) is 15.5. The molecule has 1 aliphatic heterocycles. The predicted octanol–water partition coefficient (Wildman–Crippen LogP) is 4.59. The van der Waals surface area contributed by atoms with Crippen LogP contribution in [0.15, 0.2) is 52.3 Å². The number of alkyl halides is 1. The summed E-state index contributed by atoms with van der Waals surface area (Å²) < 4.78 is 0. The molecule has 116 valence electrons. The molecule has 1 saturated heterocycles. The van der Waals surface area contributed by atoms with Crippen LogP contribution >= 0.6 is 27.7 Å². The second-order valence-electron chi connectivity index (χ2n) is 5.67. The molecular weight excluding hydrogens is 356 g/mol. The summed E-state index contributed by atoms with van der Waals surface area (Å²) >= 11 is 5.65. The van der Waals surface area contributed by atoms with Crippen LogP contribution in [0.3, 0.4) is 0 Å². The zero-order valence-electron chi connectivity index (χ0n) is 13.0. The fourth-order valence-electron chi connectivity index (χ4n) is 2.76. The van der Waals surface area contributed by atoms with E-state index in [1.165, 1.54) is 26.6 Å².